The van der Waals surface area contributed by atoms with Crippen LogP contribution in [0.15, 0.2) is 29.2 Å². The molecule has 1 aromatic rings. The Balaban J connectivity index is 2.92. The average Bonchev–Trinajstić information content (AvgIpc) is 2.38. The second-order valence-corrected chi connectivity index (χ2v) is 8.56. The van der Waals surface area contributed by atoms with Crippen LogP contribution in [-0.4, -0.2) is 51.9 Å². The van der Waals surface area contributed by atoms with Crippen molar-refractivity contribution in [3.05, 3.63) is 29.8 Å². The van der Waals surface area contributed by atoms with E-state index in [9.17, 15) is 8.42 Å². The van der Waals surface area contributed by atoms with Gasteiger partial charge in [-0.25, -0.2) is 12.7 Å². The Bertz CT molecular complexity index is 551. The molecule has 0 aliphatic carbocycles. The summed E-state index contributed by atoms with van der Waals surface area (Å²) in [5.41, 5.74) is 6.52. The standard InChI is InChI=1S/C15H27N3O2S/c1-15(2,11-16)12-18(5)21(19,20)14-8-6-13(7-9-14)10-17(3)4/h6-9H,10-12,16H2,1-5H3. The van der Waals surface area contributed by atoms with E-state index in [1.54, 1.807) is 19.2 Å². The molecular weight excluding hydrogens is 286 g/mol. The van der Waals surface area contributed by atoms with Gasteiger partial charge in [0.05, 0.1) is 4.90 Å². The molecule has 1 aromatic carbocycles. The number of nitrogens with zero attached hydrogens (tertiary/aromatic N) is 2. The van der Waals surface area contributed by atoms with E-state index in [0.717, 1.165) is 12.1 Å². The molecule has 0 aliphatic rings. The summed E-state index contributed by atoms with van der Waals surface area (Å²) >= 11 is 0. The van der Waals surface area contributed by atoms with Crippen LogP contribution in [0.2, 0.25) is 0 Å². The maximum atomic E-state index is 12.5. The largest absolute Gasteiger partial charge is 0.330 e. The highest BCUT2D eigenvalue weighted by atomic mass is 32.2. The van der Waals surface area contributed by atoms with Crippen molar-refractivity contribution >= 4 is 10.0 Å². The van der Waals surface area contributed by atoms with Gasteiger partial charge >= 0.3 is 0 Å². The van der Waals surface area contributed by atoms with Crippen molar-refractivity contribution in [1.82, 2.24) is 9.21 Å². The molecular formula is C15H27N3O2S. The highest BCUT2D eigenvalue weighted by molar-refractivity contribution is 7.89. The fourth-order valence-electron chi connectivity index (χ4n) is 2.06. The molecule has 2 N–H and O–H groups in total. The average molecular weight is 313 g/mol. The van der Waals surface area contributed by atoms with Gasteiger partial charge in [0.15, 0.2) is 0 Å². The predicted octanol–water partition coefficient (Wildman–Crippen LogP) is 1.35. The molecule has 1 rings (SSSR count). The first-order chi connectivity index (χ1) is 9.58. The van der Waals surface area contributed by atoms with Crippen molar-refractivity contribution in [2.45, 2.75) is 25.3 Å². The van der Waals surface area contributed by atoms with E-state index in [2.05, 4.69) is 0 Å². The van der Waals surface area contributed by atoms with Crippen LogP contribution in [0.3, 0.4) is 0 Å². The summed E-state index contributed by atoms with van der Waals surface area (Å²) < 4.78 is 26.4. The number of nitrogens with two attached hydrogens (primary N) is 1. The van der Waals surface area contributed by atoms with Crippen molar-refractivity contribution in [3.63, 3.8) is 0 Å². The van der Waals surface area contributed by atoms with Gasteiger partial charge in [0.25, 0.3) is 0 Å². The molecule has 0 spiro atoms. The van der Waals surface area contributed by atoms with E-state index in [-0.39, 0.29) is 5.41 Å². The zero-order chi connectivity index (χ0) is 16.3. The molecule has 0 unspecified atom stereocenters. The monoisotopic (exact) mass is 313 g/mol. The molecule has 120 valence electrons. The van der Waals surface area contributed by atoms with Gasteiger partial charge in [-0.15, -0.1) is 0 Å². The maximum absolute atomic E-state index is 12.5. The fourth-order valence-corrected chi connectivity index (χ4v) is 3.42. The Morgan fingerprint density at radius 2 is 1.62 bits per heavy atom. The minimum atomic E-state index is -3.46. The molecule has 6 heteroatoms. The Kier molecular flexibility index (Phi) is 5.92. The van der Waals surface area contributed by atoms with E-state index in [4.69, 9.17) is 5.73 Å². The zero-order valence-electron chi connectivity index (χ0n) is 13.6. The summed E-state index contributed by atoms with van der Waals surface area (Å²) in [6.07, 6.45) is 0. The number of hydrogen-bond acceptors (Lipinski definition) is 4. The normalized spacial score (nSPS) is 13.1. The van der Waals surface area contributed by atoms with E-state index in [1.165, 1.54) is 4.31 Å². The number of benzene rings is 1. The lowest BCUT2D eigenvalue weighted by molar-refractivity contribution is 0.292. The van der Waals surface area contributed by atoms with E-state index in [1.807, 2.05) is 45.0 Å². The van der Waals surface area contributed by atoms with Gasteiger partial charge < -0.3 is 10.6 Å². The molecule has 0 aliphatic heterocycles. The van der Waals surface area contributed by atoms with Gasteiger partial charge in [-0.05, 0) is 43.8 Å². The Morgan fingerprint density at radius 1 is 1.10 bits per heavy atom. The molecule has 0 radical (unpaired) electrons. The van der Waals surface area contributed by atoms with Crippen LogP contribution in [0.1, 0.15) is 19.4 Å². The molecule has 5 nitrogen and oxygen atoms in total. The third-order valence-electron chi connectivity index (χ3n) is 3.33. The zero-order valence-corrected chi connectivity index (χ0v) is 14.4. The lowest BCUT2D eigenvalue weighted by atomic mass is 9.94. The van der Waals surface area contributed by atoms with Crippen molar-refractivity contribution in [3.8, 4) is 0 Å². The first-order valence-corrected chi connectivity index (χ1v) is 8.42. The molecule has 0 aromatic heterocycles. The van der Waals surface area contributed by atoms with Crippen molar-refractivity contribution < 1.29 is 8.42 Å². The summed E-state index contributed by atoms with van der Waals surface area (Å²) in [5.74, 6) is 0. The van der Waals surface area contributed by atoms with E-state index >= 15 is 0 Å². The number of hydrogen-bond donors (Lipinski definition) is 1. The molecule has 0 amide bonds. The summed E-state index contributed by atoms with van der Waals surface area (Å²) in [5, 5.41) is 0. The minimum Gasteiger partial charge on any atom is -0.330 e. The second kappa shape index (κ2) is 6.87. The molecule has 0 heterocycles. The van der Waals surface area contributed by atoms with E-state index < -0.39 is 10.0 Å². The van der Waals surface area contributed by atoms with Gasteiger partial charge in [0.2, 0.25) is 10.0 Å². The SMILES string of the molecule is CN(C)Cc1ccc(S(=O)(=O)N(C)CC(C)(C)CN)cc1. The van der Waals surface area contributed by atoms with Crippen LogP contribution >= 0.6 is 0 Å². The summed E-state index contributed by atoms with van der Waals surface area (Å²) in [4.78, 5) is 2.36. The smallest absolute Gasteiger partial charge is 0.242 e. The van der Waals surface area contributed by atoms with Crippen LogP contribution in [0.5, 0.6) is 0 Å². The van der Waals surface area contributed by atoms with Crippen LogP contribution < -0.4 is 5.73 Å². The summed E-state index contributed by atoms with van der Waals surface area (Å²) in [6, 6.07) is 7.05. The van der Waals surface area contributed by atoms with Crippen LogP contribution in [0.4, 0.5) is 0 Å². The molecule has 0 bridgehead atoms. The maximum Gasteiger partial charge on any atom is 0.242 e. The Labute approximate surface area is 128 Å². The first-order valence-electron chi connectivity index (χ1n) is 6.98. The second-order valence-electron chi connectivity index (χ2n) is 6.51. The van der Waals surface area contributed by atoms with Crippen LogP contribution in [0, 0.1) is 5.41 Å². The lowest BCUT2D eigenvalue weighted by Gasteiger charge is -2.28. The van der Waals surface area contributed by atoms with Crippen LogP contribution in [-0.2, 0) is 16.6 Å². The Morgan fingerprint density at radius 3 is 2.05 bits per heavy atom. The summed E-state index contributed by atoms with van der Waals surface area (Å²) in [6.45, 7) is 5.54. The van der Waals surface area contributed by atoms with Gasteiger partial charge in [-0.2, -0.15) is 0 Å². The molecule has 21 heavy (non-hydrogen) atoms. The van der Waals surface area contributed by atoms with Gasteiger partial charge in [0.1, 0.15) is 0 Å². The van der Waals surface area contributed by atoms with E-state index in [0.29, 0.717) is 18.0 Å². The molecule has 0 atom stereocenters. The fraction of sp³-hybridized carbons (Fsp3) is 0.600. The van der Waals surface area contributed by atoms with Crippen LogP contribution in [0.25, 0.3) is 0 Å². The highest BCUT2D eigenvalue weighted by Gasteiger charge is 2.27. The molecule has 0 saturated heterocycles. The third-order valence-corrected chi connectivity index (χ3v) is 5.15. The number of sulfonamides is 1. The van der Waals surface area contributed by atoms with Gasteiger partial charge in [-0.3, -0.25) is 0 Å². The minimum absolute atomic E-state index is 0.243. The lowest BCUT2D eigenvalue weighted by Crippen LogP contribution is -2.39. The highest BCUT2D eigenvalue weighted by Crippen LogP contribution is 2.21. The van der Waals surface area contributed by atoms with Gasteiger partial charge in [0, 0.05) is 20.1 Å². The van der Waals surface area contributed by atoms with Gasteiger partial charge in [-0.1, -0.05) is 26.0 Å². The first kappa shape index (κ1) is 18.1. The van der Waals surface area contributed by atoms with Crippen molar-refractivity contribution in [2.75, 3.05) is 34.2 Å². The van der Waals surface area contributed by atoms with Crippen molar-refractivity contribution in [2.24, 2.45) is 11.1 Å². The molecule has 0 fully saturated rings. The summed E-state index contributed by atoms with van der Waals surface area (Å²) in [7, 11) is 2.09. The number of rotatable bonds is 7. The Hall–Kier alpha value is -0.950. The predicted molar refractivity (Wildman–Crippen MR) is 86.5 cm³/mol. The topological polar surface area (TPSA) is 66.6 Å². The molecule has 0 saturated carbocycles. The third kappa shape index (κ3) is 5.07. The van der Waals surface area contributed by atoms with Crippen molar-refractivity contribution in [1.29, 1.82) is 0 Å². The quantitative estimate of drug-likeness (QED) is 0.825.